The number of benzene rings is 1. The highest BCUT2D eigenvalue weighted by Gasteiger charge is 2.19. The molecule has 0 bridgehead atoms. The topological polar surface area (TPSA) is 64.0 Å². The van der Waals surface area contributed by atoms with Crippen LogP contribution in [0.5, 0.6) is 0 Å². The molecule has 5 nitrogen and oxygen atoms in total. The first-order valence-electron chi connectivity index (χ1n) is 6.52. The summed E-state index contributed by atoms with van der Waals surface area (Å²) >= 11 is 6.01. The maximum atomic E-state index is 12.3. The Hall–Kier alpha value is -2.14. The molecule has 1 amide bonds. The van der Waals surface area contributed by atoms with E-state index in [4.69, 9.17) is 11.6 Å². The summed E-state index contributed by atoms with van der Waals surface area (Å²) in [7, 11) is 0. The maximum Gasteiger partial charge on any atom is 0.348 e. The molecule has 6 heteroatoms. The van der Waals surface area contributed by atoms with Crippen molar-refractivity contribution in [2.24, 2.45) is 0 Å². The molecule has 1 aromatic carbocycles. The predicted molar refractivity (Wildman–Crippen MR) is 82.8 cm³/mol. The summed E-state index contributed by atoms with van der Waals surface area (Å²) in [5.41, 5.74) is 1.40. The average molecular weight is 306 g/mol. The number of halogens is 1. The fraction of sp³-hybridized carbons (Fsp3) is 0.267. The molecule has 0 radical (unpaired) electrons. The number of rotatable bonds is 3. The summed E-state index contributed by atoms with van der Waals surface area (Å²) in [4.78, 5) is 28.1. The van der Waals surface area contributed by atoms with Gasteiger partial charge in [0.15, 0.2) is 0 Å². The zero-order chi connectivity index (χ0) is 15.6. The predicted octanol–water partition coefficient (Wildman–Crippen LogP) is 2.71. The van der Waals surface area contributed by atoms with Crippen molar-refractivity contribution >= 4 is 23.2 Å². The molecule has 0 aliphatic carbocycles. The van der Waals surface area contributed by atoms with Crippen molar-refractivity contribution < 1.29 is 4.79 Å². The Labute approximate surface area is 127 Å². The van der Waals surface area contributed by atoms with Crippen LogP contribution in [0.25, 0.3) is 0 Å². The highest BCUT2D eigenvalue weighted by atomic mass is 35.5. The quantitative estimate of drug-likeness (QED) is 0.948. The Kier molecular flexibility index (Phi) is 4.43. The molecular weight excluding hydrogens is 290 g/mol. The second-order valence-electron chi connectivity index (χ2n) is 4.84. The Bertz CT molecular complexity index is 740. The van der Waals surface area contributed by atoms with E-state index in [2.05, 4.69) is 10.3 Å². The Morgan fingerprint density at radius 2 is 2.00 bits per heavy atom. The third-order valence-corrected chi connectivity index (χ3v) is 3.50. The van der Waals surface area contributed by atoms with Crippen LogP contribution < -0.4 is 11.0 Å². The fourth-order valence-electron chi connectivity index (χ4n) is 2.15. The molecule has 0 aliphatic heterocycles. The van der Waals surface area contributed by atoms with Crippen molar-refractivity contribution in [3.8, 4) is 0 Å². The van der Waals surface area contributed by atoms with Gasteiger partial charge in [0.1, 0.15) is 6.04 Å². The van der Waals surface area contributed by atoms with Crippen molar-refractivity contribution in [2.45, 2.75) is 26.8 Å². The second-order valence-corrected chi connectivity index (χ2v) is 5.24. The van der Waals surface area contributed by atoms with Crippen LogP contribution in [0.15, 0.2) is 35.1 Å². The minimum absolute atomic E-state index is 0.320. The van der Waals surface area contributed by atoms with Crippen molar-refractivity contribution in [2.75, 3.05) is 5.32 Å². The molecule has 0 saturated heterocycles. The summed E-state index contributed by atoms with van der Waals surface area (Å²) in [5, 5.41) is 3.17. The standard InChI is InChI=1S/C15H16ClN3O2/c1-9-8-10(2)19(15(21)17-9)11(3)14(20)18-13-7-5-4-6-12(13)16/h4-8,11H,1-3H3,(H,18,20)/t11-/m0/s1. The number of carbonyl (C=O) groups is 1. The van der Waals surface area contributed by atoms with E-state index < -0.39 is 11.7 Å². The summed E-state index contributed by atoms with van der Waals surface area (Å²) in [5.74, 6) is -0.320. The van der Waals surface area contributed by atoms with Crippen LogP contribution in [0.3, 0.4) is 0 Å². The van der Waals surface area contributed by atoms with Gasteiger partial charge < -0.3 is 5.32 Å². The molecule has 2 rings (SSSR count). The largest absolute Gasteiger partial charge is 0.348 e. The molecule has 1 atom stereocenters. The first kappa shape index (κ1) is 15.3. The van der Waals surface area contributed by atoms with E-state index in [0.29, 0.717) is 22.1 Å². The zero-order valence-corrected chi connectivity index (χ0v) is 12.8. The molecule has 0 saturated carbocycles. The lowest BCUT2D eigenvalue weighted by Crippen LogP contribution is -2.34. The SMILES string of the molecule is Cc1cc(C)n([C@@H](C)C(=O)Nc2ccccc2Cl)c(=O)n1. The first-order chi connectivity index (χ1) is 9.90. The van der Waals surface area contributed by atoms with Gasteiger partial charge in [-0.05, 0) is 39.0 Å². The van der Waals surface area contributed by atoms with Gasteiger partial charge in [0, 0.05) is 11.4 Å². The zero-order valence-electron chi connectivity index (χ0n) is 12.1. The molecule has 0 aliphatic rings. The van der Waals surface area contributed by atoms with Crippen molar-refractivity contribution in [3.05, 3.63) is 57.2 Å². The average Bonchev–Trinajstić information content (AvgIpc) is 2.40. The number of nitrogens with one attached hydrogen (secondary N) is 1. The Morgan fingerprint density at radius 1 is 1.33 bits per heavy atom. The molecule has 1 heterocycles. The molecular formula is C15H16ClN3O2. The van der Waals surface area contributed by atoms with Crippen LogP contribution in [-0.2, 0) is 4.79 Å². The van der Waals surface area contributed by atoms with Crippen molar-refractivity contribution in [3.63, 3.8) is 0 Å². The molecule has 0 unspecified atom stereocenters. The number of hydrogen-bond donors (Lipinski definition) is 1. The first-order valence-corrected chi connectivity index (χ1v) is 6.90. The van der Waals surface area contributed by atoms with Gasteiger partial charge >= 0.3 is 5.69 Å². The van der Waals surface area contributed by atoms with Crippen LogP contribution in [0.2, 0.25) is 5.02 Å². The number of nitrogens with zero attached hydrogens (tertiary/aromatic N) is 2. The third-order valence-electron chi connectivity index (χ3n) is 3.17. The number of aromatic nitrogens is 2. The highest BCUT2D eigenvalue weighted by molar-refractivity contribution is 6.33. The lowest BCUT2D eigenvalue weighted by molar-refractivity contribution is -0.118. The molecule has 0 spiro atoms. The summed E-state index contributed by atoms with van der Waals surface area (Å²) in [6, 6.07) is 8.03. The second kappa shape index (κ2) is 6.10. The normalized spacial score (nSPS) is 12.0. The molecule has 1 N–H and O–H groups in total. The summed E-state index contributed by atoms with van der Waals surface area (Å²) < 4.78 is 1.36. The highest BCUT2D eigenvalue weighted by Crippen LogP contribution is 2.21. The molecule has 0 fully saturated rings. The minimum atomic E-state index is -0.679. The van der Waals surface area contributed by atoms with Crippen LogP contribution in [-0.4, -0.2) is 15.5 Å². The van der Waals surface area contributed by atoms with Gasteiger partial charge in [0.25, 0.3) is 0 Å². The number of amides is 1. The molecule has 110 valence electrons. The minimum Gasteiger partial charge on any atom is -0.323 e. The number of aryl methyl sites for hydroxylation is 2. The van der Waals surface area contributed by atoms with Gasteiger partial charge in [-0.2, -0.15) is 4.98 Å². The van der Waals surface area contributed by atoms with Crippen LogP contribution in [0, 0.1) is 13.8 Å². The maximum absolute atomic E-state index is 12.3. The van der Waals surface area contributed by atoms with Gasteiger partial charge in [-0.25, -0.2) is 4.79 Å². The number of anilines is 1. The van der Waals surface area contributed by atoms with E-state index in [1.165, 1.54) is 4.57 Å². The molecule has 1 aromatic heterocycles. The molecule has 2 aromatic rings. The van der Waals surface area contributed by atoms with E-state index in [0.717, 1.165) is 0 Å². The van der Waals surface area contributed by atoms with E-state index in [-0.39, 0.29) is 5.91 Å². The summed E-state index contributed by atoms with van der Waals surface area (Å²) in [6.45, 7) is 5.17. The monoisotopic (exact) mass is 305 g/mol. The Morgan fingerprint density at radius 3 is 2.62 bits per heavy atom. The van der Waals surface area contributed by atoms with Crippen LogP contribution in [0.4, 0.5) is 5.69 Å². The van der Waals surface area contributed by atoms with Gasteiger partial charge in [-0.1, -0.05) is 23.7 Å². The number of carbonyl (C=O) groups excluding carboxylic acids is 1. The smallest absolute Gasteiger partial charge is 0.323 e. The van der Waals surface area contributed by atoms with E-state index >= 15 is 0 Å². The number of hydrogen-bond acceptors (Lipinski definition) is 3. The van der Waals surface area contributed by atoms with E-state index in [1.807, 2.05) is 0 Å². The van der Waals surface area contributed by atoms with Crippen molar-refractivity contribution in [1.29, 1.82) is 0 Å². The van der Waals surface area contributed by atoms with Crippen LogP contribution >= 0.6 is 11.6 Å². The number of para-hydroxylation sites is 1. The van der Waals surface area contributed by atoms with Gasteiger partial charge in [0.05, 0.1) is 10.7 Å². The van der Waals surface area contributed by atoms with E-state index in [9.17, 15) is 9.59 Å². The fourth-order valence-corrected chi connectivity index (χ4v) is 2.33. The van der Waals surface area contributed by atoms with Gasteiger partial charge in [0.2, 0.25) is 5.91 Å². The van der Waals surface area contributed by atoms with E-state index in [1.54, 1.807) is 51.1 Å². The lowest BCUT2D eigenvalue weighted by atomic mass is 10.2. The third kappa shape index (κ3) is 3.31. The summed E-state index contributed by atoms with van der Waals surface area (Å²) in [6.07, 6.45) is 0. The van der Waals surface area contributed by atoms with Crippen LogP contribution in [0.1, 0.15) is 24.4 Å². The van der Waals surface area contributed by atoms with Gasteiger partial charge in [-0.15, -0.1) is 0 Å². The van der Waals surface area contributed by atoms with Crippen molar-refractivity contribution in [1.82, 2.24) is 9.55 Å². The Balaban J connectivity index is 2.29. The lowest BCUT2D eigenvalue weighted by Gasteiger charge is -2.17. The molecule has 21 heavy (non-hydrogen) atoms. The van der Waals surface area contributed by atoms with Gasteiger partial charge in [-0.3, -0.25) is 9.36 Å².